The summed E-state index contributed by atoms with van der Waals surface area (Å²) in [7, 11) is -3.47. The maximum Gasteiger partial charge on any atom is 0.241 e. The molecule has 0 spiro atoms. The van der Waals surface area contributed by atoms with Gasteiger partial charge in [0.05, 0.1) is 4.90 Å². The molecule has 1 saturated carbocycles. The molecule has 1 N–H and O–H groups in total. The van der Waals surface area contributed by atoms with Crippen molar-refractivity contribution in [1.29, 1.82) is 0 Å². The Morgan fingerprint density at radius 3 is 2.38 bits per heavy atom. The summed E-state index contributed by atoms with van der Waals surface area (Å²) in [5, 5.41) is 1.73. The fourth-order valence-electron chi connectivity index (χ4n) is 2.88. The van der Waals surface area contributed by atoms with Crippen molar-refractivity contribution in [3.63, 3.8) is 0 Å². The van der Waals surface area contributed by atoms with E-state index in [0.717, 1.165) is 36.5 Å². The normalized spacial score (nSPS) is 23.3. The first-order valence-corrected chi connectivity index (χ1v) is 9.60. The summed E-state index contributed by atoms with van der Waals surface area (Å²) in [6, 6.07) is 13.0. The van der Waals surface area contributed by atoms with E-state index in [2.05, 4.69) is 20.7 Å². The molecule has 1 aliphatic carbocycles. The fourth-order valence-corrected chi connectivity index (χ4v) is 4.95. The Morgan fingerprint density at radius 1 is 0.952 bits per heavy atom. The van der Waals surface area contributed by atoms with Crippen LogP contribution in [0.1, 0.15) is 25.7 Å². The summed E-state index contributed by atoms with van der Waals surface area (Å²) in [6.45, 7) is 0. The van der Waals surface area contributed by atoms with Crippen LogP contribution in [0.2, 0.25) is 0 Å². The van der Waals surface area contributed by atoms with E-state index < -0.39 is 10.0 Å². The lowest BCUT2D eigenvalue weighted by molar-refractivity contribution is 0.423. The molecule has 1 fully saturated rings. The highest BCUT2D eigenvalue weighted by molar-refractivity contribution is 9.09. The van der Waals surface area contributed by atoms with Crippen LogP contribution in [0.4, 0.5) is 0 Å². The topological polar surface area (TPSA) is 46.2 Å². The van der Waals surface area contributed by atoms with E-state index in [1.165, 1.54) is 0 Å². The molecule has 0 unspecified atom stereocenters. The first-order valence-electron chi connectivity index (χ1n) is 7.20. The molecule has 0 bridgehead atoms. The standard InChI is InChI=1S/C16H18BrNO2S/c17-13-8-10-14(11-9-13)18-21(19,20)16-7-3-5-12-4-1-2-6-15(12)16/h1-7,13-14,18H,8-11H2. The Balaban J connectivity index is 1.90. The summed E-state index contributed by atoms with van der Waals surface area (Å²) in [6.07, 6.45) is 3.81. The van der Waals surface area contributed by atoms with Gasteiger partial charge in [-0.1, -0.05) is 52.3 Å². The minimum absolute atomic E-state index is 0.0442. The molecule has 2 aromatic rings. The second-order valence-corrected chi connectivity index (χ2v) is 8.52. The van der Waals surface area contributed by atoms with Crippen LogP contribution >= 0.6 is 15.9 Å². The molecular weight excluding hydrogens is 350 g/mol. The second kappa shape index (κ2) is 6.07. The van der Waals surface area contributed by atoms with Gasteiger partial charge in [0.25, 0.3) is 0 Å². The van der Waals surface area contributed by atoms with Gasteiger partial charge in [-0.2, -0.15) is 0 Å². The molecule has 5 heteroatoms. The second-order valence-electron chi connectivity index (χ2n) is 5.55. The molecule has 0 atom stereocenters. The number of hydrogen-bond donors (Lipinski definition) is 1. The molecule has 0 aromatic heterocycles. The van der Waals surface area contributed by atoms with Crippen molar-refractivity contribution in [3.05, 3.63) is 42.5 Å². The van der Waals surface area contributed by atoms with Crippen LogP contribution in [-0.4, -0.2) is 19.3 Å². The predicted octanol–water partition coefficient (Wildman–Crippen LogP) is 3.82. The van der Waals surface area contributed by atoms with Crippen molar-refractivity contribution < 1.29 is 8.42 Å². The molecule has 0 saturated heterocycles. The number of fused-ring (bicyclic) bond motifs is 1. The van der Waals surface area contributed by atoms with Crippen LogP contribution in [0.25, 0.3) is 10.8 Å². The highest BCUT2D eigenvalue weighted by atomic mass is 79.9. The molecule has 0 aliphatic heterocycles. The first kappa shape index (κ1) is 15.0. The molecule has 1 aliphatic rings. The number of nitrogens with one attached hydrogen (secondary N) is 1. The van der Waals surface area contributed by atoms with Gasteiger partial charge >= 0.3 is 0 Å². The van der Waals surface area contributed by atoms with Crippen LogP contribution in [0.5, 0.6) is 0 Å². The number of sulfonamides is 1. The third kappa shape index (κ3) is 3.30. The van der Waals surface area contributed by atoms with Crippen molar-refractivity contribution in [2.75, 3.05) is 0 Å². The van der Waals surface area contributed by atoms with E-state index in [1.54, 1.807) is 12.1 Å². The van der Waals surface area contributed by atoms with E-state index in [4.69, 9.17) is 0 Å². The Kier molecular flexibility index (Phi) is 4.33. The van der Waals surface area contributed by atoms with Gasteiger partial charge in [0, 0.05) is 16.3 Å². The smallest absolute Gasteiger partial charge is 0.208 e. The minimum atomic E-state index is -3.47. The molecule has 112 valence electrons. The molecule has 0 radical (unpaired) electrons. The summed E-state index contributed by atoms with van der Waals surface area (Å²) in [5.41, 5.74) is 0. The summed E-state index contributed by atoms with van der Waals surface area (Å²) < 4.78 is 28.2. The van der Waals surface area contributed by atoms with E-state index in [9.17, 15) is 8.42 Å². The fraction of sp³-hybridized carbons (Fsp3) is 0.375. The van der Waals surface area contributed by atoms with Gasteiger partial charge in [-0.25, -0.2) is 13.1 Å². The Hall–Kier alpha value is -0.910. The molecule has 3 nitrogen and oxygen atoms in total. The highest BCUT2D eigenvalue weighted by Gasteiger charge is 2.25. The zero-order chi connectivity index (χ0) is 14.9. The molecule has 0 amide bonds. The summed E-state index contributed by atoms with van der Waals surface area (Å²) >= 11 is 3.60. The van der Waals surface area contributed by atoms with Crippen molar-refractivity contribution in [2.45, 2.75) is 41.4 Å². The average molecular weight is 368 g/mol. The zero-order valence-corrected chi connectivity index (χ0v) is 14.0. The molecule has 21 heavy (non-hydrogen) atoms. The third-order valence-electron chi connectivity index (χ3n) is 4.02. The van der Waals surface area contributed by atoms with E-state index in [1.807, 2.05) is 30.3 Å². The van der Waals surface area contributed by atoms with Crippen molar-refractivity contribution in [3.8, 4) is 0 Å². The van der Waals surface area contributed by atoms with Crippen molar-refractivity contribution in [2.24, 2.45) is 0 Å². The van der Waals surface area contributed by atoms with Crippen molar-refractivity contribution >= 4 is 36.7 Å². The first-order chi connectivity index (χ1) is 10.1. The molecule has 2 aromatic carbocycles. The van der Waals surface area contributed by atoms with E-state index in [-0.39, 0.29) is 6.04 Å². The molecular formula is C16H18BrNO2S. The number of rotatable bonds is 3. The Morgan fingerprint density at radius 2 is 1.62 bits per heavy atom. The van der Waals surface area contributed by atoms with Crippen LogP contribution in [-0.2, 0) is 10.0 Å². The lowest BCUT2D eigenvalue weighted by atomic mass is 9.96. The van der Waals surface area contributed by atoms with Gasteiger partial charge in [-0.15, -0.1) is 0 Å². The third-order valence-corrected chi connectivity index (χ3v) is 6.51. The lowest BCUT2D eigenvalue weighted by Gasteiger charge is -2.26. The Labute approximate surface area is 133 Å². The van der Waals surface area contributed by atoms with Gasteiger partial charge in [0.1, 0.15) is 0 Å². The summed E-state index contributed by atoms with van der Waals surface area (Å²) in [4.78, 5) is 0.900. The van der Waals surface area contributed by atoms with Crippen LogP contribution < -0.4 is 4.72 Å². The van der Waals surface area contributed by atoms with Crippen LogP contribution in [0.3, 0.4) is 0 Å². The average Bonchev–Trinajstić information content (AvgIpc) is 2.49. The maximum atomic E-state index is 12.7. The number of hydrogen-bond acceptors (Lipinski definition) is 2. The van der Waals surface area contributed by atoms with E-state index in [0.29, 0.717) is 9.72 Å². The molecule has 0 heterocycles. The van der Waals surface area contributed by atoms with Gasteiger partial charge in [0.2, 0.25) is 10.0 Å². The van der Waals surface area contributed by atoms with Gasteiger partial charge < -0.3 is 0 Å². The number of alkyl halides is 1. The number of halogens is 1. The summed E-state index contributed by atoms with van der Waals surface area (Å²) in [5.74, 6) is 0. The predicted molar refractivity (Wildman–Crippen MR) is 89.2 cm³/mol. The monoisotopic (exact) mass is 367 g/mol. The van der Waals surface area contributed by atoms with E-state index >= 15 is 0 Å². The van der Waals surface area contributed by atoms with Gasteiger partial charge in [0.15, 0.2) is 0 Å². The van der Waals surface area contributed by atoms with Gasteiger partial charge in [-0.05, 0) is 37.1 Å². The van der Waals surface area contributed by atoms with Crippen molar-refractivity contribution in [1.82, 2.24) is 4.72 Å². The number of benzene rings is 2. The minimum Gasteiger partial charge on any atom is -0.208 e. The quantitative estimate of drug-likeness (QED) is 0.838. The van der Waals surface area contributed by atoms with Crippen LogP contribution in [0, 0.1) is 0 Å². The maximum absolute atomic E-state index is 12.7. The van der Waals surface area contributed by atoms with Crippen LogP contribution in [0.15, 0.2) is 47.4 Å². The molecule has 3 rings (SSSR count). The highest BCUT2D eigenvalue weighted by Crippen LogP contribution is 2.27. The van der Waals surface area contributed by atoms with Gasteiger partial charge in [-0.3, -0.25) is 0 Å². The lowest BCUT2D eigenvalue weighted by Crippen LogP contribution is -2.37. The SMILES string of the molecule is O=S(=O)(NC1CCC(Br)CC1)c1cccc2ccccc12. The zero-order valence-electron chi connectivity index (χ0n) is 11.6. The Bertz CT molecular complexity index is 732. The largest absolute Gasteiger partial charge is 0.241 e.